The number of allylic oxidation sites excluding steroid dienone is 1. The van der Waals surface area contributed by atoms with Crippen LogP contribution in [0.4, 0.5) is 0 Å². The highest BCUT2D eigenvalue weighted by Crippen LogP contribution is 2.53. The minimum atomic E-state index is -0.343. The van der Waals surface area contributed by atoms with Crippen LogP contribution in [0, 0.1) is 29.6 Å². The second kappa shape index (κ2) is 10.8. The Labute approximate surface area is 201 Å². The van der Waals surface area contributed by atoms with E-state index in [2.05, 4.69) is 29.6 Å². The first kappa shape index (κ1) is 24.6. The van der Waals surface area contributed by atoms with Crippen molar-refractivity contribution in [3.05, 3.63) is 23.6 Å². The van der Waals surface area contributed by atoms with E-state index in [-0.39, 0.29) is 36.1 Å². The lowest BCUT2D eigenvalue weighted by Gasteiger charge is -2.54. The molecule has 5 rings (SSSR count). The smallest absolute Gasteiger partial charge is 0.286 e. The van der Waals surface area contributed by atoms with Gasteiger partial charge in [0.1, 0.15) is 5.56 Å². The van der Waals surface area contributed by atoms with Gasteiger partial charge in [-0.1, -0.05) is 13.8 Å². The fourth-order valence-electron chi connectivity index (χ4n) is 6.16. The second-order valence-electron chi connectivity index (χ2n) is 10.5. The van der Waals surface area contributed by atoms with Crippen LogP contribution in [0.3, 0.4) is 0 Å². The zero-order valence-electron chi connectivity index (χ0n) is 20.6. The zero-order valence-corrected chi connectivity index (χ0v) is 20.6. The molecule has 0 aromatic carbocycles. The van der Waals surface area contributed by atoms with E-state index in [0.717, 1.165) is 11.8 Å². The van der Waals surface area contributed by atoms with Crippen LogP contribution in [0.25, 0.3) is 0 Å². The van der Waals surface area contributed by atoms with Gasteiger partial charge in [-0.2, -0.15) is 5.10 Å². The van der Waals surface area contributed by atoms with Crippen LogP contribution in [0.1, 0.15) is 56.3 Å². The summed E-state index contributed by atoms with van der Waals surface area (Å²) in [6.45, 7) is 5.51. The Kier molecular flexibility index (Phi) is 7.80. The maximum Gasteiger partial charge on any atom is 0.286 e. The molecule has 0 unspecified atom stereocenters. The van der Waals surface area contributed by atoms with Gasteiger partial charge in [-0.15, -0.1) is 0 Å². The van der Waals surface area contributed by atoms with Gasteiger partial charge >= 0.3 is 0 Å². The monoisotopic (exact) mass is 473 g/mol. The molecular formula is C25H39N5O4. The average Bonchev–Trinajstić information content (AvgIpc) is 3.21. The summed E-state index contributed by atoms with van der Waals surface area (Å²) in [5.74, 6) is 3.30. The maximum atomic E-state index is 13.4. The summed E-state index contributed by atoms with van der Waals surface area (Å²) < 4.78 is 12.9. The highest BCUT2D eigenvalue weighted by Gasteiger charge is 2.48. The summed E-state index contributed by atoms with van der Waals surface area (Å²) in [7, 11) is 1.44. The number of nitrogens with zero attached hydrogens (tertiary/aromatic N) is 2. The molecule has 34 heavy (non-hydrogen) atoms. The number of methoxy groups -OCH3 is 1. The van der Waals surface area contributed by atoms with Crippen molar-refractivity contribution in [2.45, 2.75) is 58.5 Å². The standard InChI is InChI=1S/C25H39N5O4/c1-15(2)14-34-25-20(13-28-30(25)7-4-21(33-3)24(32)27-6-5-26)23(31)29-22-18-9-16-8-17(11-18)12-19(22)10-16/h4,13,15-19,22H,5-12,14,26H2,1-3H3,(H,27,32)(H,29,31). The molecule has 188 valence electrons. The summed E-state index contributed by atoms with van der Waals surface area (Å²) in [6, 6.07) is 0.243. The molecule has 0 atom stereocenters. The first-order valence-electron chi connectivity index (χ1n) is 12.6. The van der Waals surface area contributed by atoms with Crippen LogP contribution in [0.5, 0.6) is 5.88 Å². The van der Waals surface area contributed by atoms with Crippen molar-refractivity contribution in [2.24, 2.45) is 35.3 Å². The number of hydrogen-bond donors (Lipinski definition) is 3. The number of carbonyl (C=O) groups is 2. The fraction of sp³-hybridized carbons (Fsp3) is 0.720. The van der Waals surface area contributed by atoms with Crippen LogP contribution in [0.15, 0.2) is 18.0 Å². The van der Waals surface area contributed by atoms with E-state index >= 15 is 0 Å². The van der Waals surface area contributed by atoms with Gasteiger partial charge in [-0.25, -0.2) is 4.68 Å². The van der Waals surface area contributed by atoms with Crippen LogP contribution >= 0.6 is 0 Å². The van der Waals surface area contributed by atoms with E-state index in [9.17, 15) is 9.59 Å². The molecule has 0 saturated heterocycles. The van der Waals surface area contributed by atoms with Gasteiger partial charge in [0.2, 0.25) is 5.88 Å². The SMILES string of the molecule is COC(=CCn1ncc(C(=O)NC2C3CC4CC(C3)CC2C4)c1OCC(C)C)C(=O)NCCN. The molecule has 1 heterocycles. The molecule has 2 amide bonds. The fourth-order valence-corrected chi connectivity index (χ4v) is 6.16. The van der Waals surface area contributed by atoms with Gasteiger partial charge in [0.05, 0.1) is 26.5 Å². The third-order valence-corrected chi connectivity index (χ3v) is 7.44. The van der Waals surface area contributed by atoms with Crippen molar-refractivity contribution in [1.29, 1.82) is 0 Å². The van der Waals surface area contributed by atoms with E-state index < -0.39 is 0 Å². The maximum absolute atomic E-state index is 13.4. The van der Waals surface area contributed by atoms with E-state index in [1.54, 1.807) is 17.0 Å². The van der Waals surface area contributed by atoms with Gasteiger partial charge in [0.25, 0.3) is 11.8 Å². The summed E-state index contributed by atoms with van der Waals surface area (Å²) in [6.07, 6.45) is 9.54. The van der Waals surface area contributed by atoms with Crippen molar-refractivity contribution < 1.29 is 19.1 Å². The van der Waals surface area contributed by atoms with Crippen LogP contribution in [-0.4, -0.2) is 54.4 Å². The average molecular weight is 474 g/mol. The number of nitrogens with two attached hydrogens (primary N) is 1. The largest absolute Gasteiger partial charge is 0.491 e. The number of hydrogen-bond acceptors (Lipinski definition) is 6. The molecule has 4 bridgehead atoms. The molecule has 0 aliphatic heterocycles. The molecule has 4 fully saturated rings. The molecule has 1 aromatic heterocycles. The van der Waals surface area contributed by atoms with E-state index in [4.69, 9.17) is 15.2 Å². The molecule has 4 N–H and O–H groups in total. The molecule has 9 nitrogen and oxygen atoms in total. The second-order valence-corrected chi connectivity index (χ2v) is 10.5. The Hall–Kier alpha value is -2.55. The predicted octanol–water partition coefficient (Wildman–Crippen LogP) is 2.08. The Morgan fingerprint density at radius 1 is 1.21 bits per heavy atom. The number of carbonyl (C=O) groups excluding carboxylic acids is 2. The molecule has 0 spiro atoms. The topological polar surface area (TPSA) is 121 Å². The first-order valence-corrected chi connectivity index (χ1v) is 12.6. The zero-order chi connectivity index (χ0) is 24.2. The third kappa shape index (κ3) is 5.40. The summed E-state index contributed by atoms with van der Waals surface area (Å²) in [4.78, 5) is 25.6. The lowest BCUT2D eigenvalue weighted by atomic mass is 9.54. The van der Waals surface area contributed by atoms with Crippen LogP contribution < -0.4 is 21.1 Å². The normalized spacial score (nSPS) is 27.7. The Balaban J connectivity index is 1.49. The minimum Gasteiger partial charge on any atom is -0.491 e. The van der Waals surface area contributed by atoms with Crippen LogP contribution in [-0.2, 0) is 16.1 Å². The highest BCUT2D eigenvalue weighted by atomic mass is 16.5. The molecule has 4 aliphatic carbocycles. The van der Waals surface area contributed by atoms with Gasteiger partial charge < -0.3 is 25.8 Å². The van der Waals surface area contributed by atoms with Crippen LogP contribution in [0.2, 0.25) is 0 Å². The number of rotatable bonds is 11. The number of ether oxygens (including phenoxy) is 2. The van der Waals surface area contributed by atoms with E-state index in [1.165, 1.54) is 39.2 Å². The molecule has 1 aromatic rings. The predicted molar refractivity (Wildman–Crippen MR) is 128 cm³/mol. The minimum absolute atomic E-state index is 0.126. The van der Waals surface area contributed by atoms with Gasteiger partial charge in [-0.3, -0.25) is 9.59 Å². The molecule has 9 heteroatoms. The van der Waals surface area contributed by atoms with E-state index in [1.807, 2.05) is 0 Å². The summed E-state index contributed by atoms with van der Waals surface area (Å²) in [5.41, 5.74) is 5.89. The lowest BCUT2D eigenvalue weighted by molar-refractivity contribution is -0.120. The molecule has 4 aliphatic rings. The van der Waals surface area contributed by atoms with Gasteiger partial charge in [0, 0.05) is 19.1 Å². The van der Waals surface area contributed by atoms with Crippen molar-refractivity contribution in [3.63, 3.8) is 0 Å². The Bertz CT molecular complexity index is 881. The van der Waals surface area contributed by atoms with Crippen molar-refractivity contribution in [1.82, 2.24) is 20.4 Å². The molecule has 4 saturated carbocycles. The summed E-state index contributed by atoms with van der Waals surface area (Å²) in [5, 5.41) is 10.4. The number of aromatic nitrogens is 2. The highest BCUT2D eigenvalue weighted by molar-refractivity contribution is 5.96. The number of amides is 2. The van der Waals surface area contributed by atoms with Crippen molar-refractivity contribution in [3.8, 4) is 5.88 Å². The molecular weight excluding hydrogens is 434 g/mol. The first-order chi connectivity index (χ1) is 16.4. The van der Waals surface area contributed by atoms with Gasteiger partial charge in [0.15, 0.2) is 5.76 Å². The third-order valence-electron chi connectivity index (χ3n) is 7.44. The van der Waals surface area contributed by atoms with Gasteiger partial charge in [-0.05, 0) is 67.8 Å². The Morgan fingerprint density at radius 3 is 2.47 bits per heavy atom. The quantitative estimate of drug-likeness (QED) is 0.334. The molecule has 0 radical (unpaired) electrons. The van der Waals surface area contributed by atoms with Crippen molar-refractivity contribution in [2.75, 3.05) is 26.8 Å². The lowest BCUT2D eigenvalue weighted by Crippen LogP contribution is -2.55. The Morgan fingerprint density at radius 2 is 1.88 bits per heavy atom. The summed E-state index contributed by atoms with van der Waals surface area (Å²) >= 11 is 0. The van der Waals surface area contributed by atoms with E-state index in [0.29, 0.717) is 43.0 Å². The van der Waals surface area contributed by atoms with Crippen molar-refractivity contribution >= 4 is 11.8 Å². The number of nitrogens with one attached hydrogen (secondary N) is 2.